The molecule has 2 amide bonds. The van der Waals surface area contributed by atoms with Crippen molar-refractivity contribution in [1.82, 2.24) is 15.2 Å². The highest BCUT2D eigenvalue weighted by molar-refractivity contribution is 7.15. The number of benzene rings is 1. The number of ether oxygens (including phenoxy) is 1. The Bertz CT molecular complexity index is 910. The summed E-state index contributed by atoms with van der Waals surface area (Å²) in [4.78, 5) is 28.4. The summed E-state index contributed by atoms with van der Waals surface area (Å²) < 4.78 is 4.96. The van der Waals surface area contributed by atoms with E-state index in [1.807, 2.05) is 30.3 Å². The van der Waals surface area contributed by atoms with Crippen molar-refractivity contribution in [2.75, 3.05) is 17.7 Å². The number of carbonyl (C=O) groups excluding carboxylic acids is 2. The molecule has 2 N–H and O–H groups in total. The number of rotatable bonds is 8. The van der Waals surface area contributed by atoms with Gasteiger partial charge in [-0.1, -0.05) is 41.7 Å². The van der Waals surface area contributed by atoms with E-state index < -0.39 is 5.91 Å². The average molecular weight is 403 g/mol. The normalized spacial score (nSPS) is 10.6. The Kier molecular flexibility index (Phi) is 6.58. The molecule has 0 unspecified atom stereocenters. The van der Waals surface area contributed by atoms with E-state index in [0.717, 1.165) is 5.56 Å². The lowest BCUT2D eigenvalue weighted by Gasteiger charge is -2.02. The van der Waals surface area contributed by atoms with Crippen LogP contribution in [0, 0.1) is 0 Å². The summed E-state index contributed by atoms with van der Waals surface area (Å²) in [6, 6.07) is 9.77. The molecular formula is C17H17N5O3S2. The first kappa shape index (κ1) is 19.1. The van der Waals surface area contributed by atoms with Gasteiger partial charge in [0.15, 0.2) is 5.13 Å². The molecule has 8 nitrogen and oxygen atoms in total. The largest absolute Gasteiger partial charge is 0.377 e. The summed E-state index contributed by atoms with van der Waals surface area (Å²) >= 11 is 2.42. The quantitative estimate of drug-likeness (QED) is 0.599. The summed E-state index contributed by atoms with van der Waals surface area (Å²) in [6.45, 7) is 0.337. The van der Waals surface area contributed by atoms with Crippen LogP contribution in [0.4, 0.5) is 10.3 Å². The molecule has 1 aromatic carbocycles. The minimum Gasteiger partial charge on any atom is -0.377 e. The second-order valence-corrected chi connectivity index (χ2v) is 7.38. The van der Waals surface area contributed by atoms with Crippen LogP contribution < -0.4 is 10.6 Å². The molecule has 0 radical (unpaired) electrons. The van der Waals surface area contributed by atoms with Gasteiger partial charge < -0.3 is 10.1 Å². The smallest absolute Gasteiger partial charge is 0.277 e. The summed E-state index contributed by atoms with van der Waals surface area (Å²) in [6.07, 6.45) is 0.991. The van der Waals surface area contributed by atoms with Crippen molar-refractivity contribution < 1.29 is 14.3 Å². The molecule has 0 fully saturated rings. The summed E-state index contributed by atoms with van der Waals surface area (Å²) in [7, 11) is 1.56. The molecule has 0 saturated heterocycles. The number of hydrogen-bond donors (Lipinski definition) is 2. The van der Waals surface area contributed by atoms with Gasteiger partial charge in [-0.2, -0.15) is 0 Å². The third-order valence-corrected chi connectivity index (χ3v) is 4.99. The van der Waals surface area contributed by atoms with Gasteiger partial charge in [-0.05, 0) is 12.0 Å². The molecule has 0 aliphatic heterocycles. The number of nitrogens with zero attached hydrogens (tertiary/aromatic N) is 3. The van der Waals surface area contributed by atoms with Gasteiger partial charge in [-0.3, -0.25) is 14.9 Å². The van der Waals surface area contributed by atoms with Crippen LogP contribution in [-0.2, 0) is 22.6 Å². The zero-order chi connectivity index (χ0) is 19.1. The number of carbonyl (C=O) groups is 2. The molecule has 3 rings (SSSR count). The van der Waals surface area contributed by atoms with Crippen LogP contribution in [0.15, 0.2) is 35.7 Å². The third kappa shape index (κ3) is 5.64. The Hall–Kier alpha value is -2.69. The van der Waals surface area contributed by atoms with Gasteiger partial charge in [-0.15, -0.1) is 21.5 Å². The number of aromatic nitrogens is 3. The van der Waals surface area contributed by atoms with E-state index >= 15 is 0 Å². The molecule has 0 aliphatic rings. The molecule has 0 saturated carbocycles. The molecule has 10 heteroatoms. The van der Waals surface area contributed by atoms with Crippen LogP contribution in [-0.4, -0.2) is 34.1 Å². The Morgan fingerprint density at radius 1 is 1.11 bits per heavy atom. The predicted octanol–water partition coefficient (Wildman–Crippen LogP) is 2.96. The van der Waals surface area contributed by atoms with Crippen molar-refractivity contribution in [3.05, 3.63) is 52.0 Å². The maximum atomic E-state index is 12.2. The molecule has 0 aliphatic carbocycles. The highest BCUT2D eigenvalue weighted by Gasteiger charge is 2.15. The summed E-state index contributed by atoms with van der Waals surface area (Å²) in [5, 5.41) is 16.1. The van der Waals surface area contributed by atoms with Crippen LogP contribution in [0.1, 0.15) is 27.5 Å². The van der Waals surface area contributed by atoms with Crippen LogP contribution in [0.5, 0.6) is 0 Å². The van der Waals surface area contributed by atoms with Crippen molar-refractivity contribution in [1.29, 1.82) is 0 Å². The van der Waals surface area contributed by atoms with Crippen LogP contribution in [0.2, 0.25) is 0 Å². The highest BCUT2D eigenvalue weighted by atomic mass is 32.1. The number of aryl methyl sites for hydroxylation is 1. The Balaban J connectivity index is 1.51. The maximum absolute atomic E-state index is 12.2. The fourth-order valence-electron chi connectivity index (χ4n) is 2.17. The van der Waals surface area contributed by atoms with Gasteiger partial charge in [0, 0.05) is 18.9 Å². The van der Waals surface area contributed by atoms with Crippen LogP contribution in [0.25, 0.3) is 0 Å². The van der Waals surface area contributed by atoms with E-state index in [1.165, 1.54) is 22.7 Å². The molecule has 0 spiro atoms. The average Bonchev–Trinajstić information content (AvgIpc) is 3.31. The van der Waals surface area contributed by atoms with Gasteiger partial charge in [-0.25, -0.2) is 4.98 Å². The van der Waals surface area contributed by atoms with Crippen molar-refractivity contribution in [3.63, 3.8) is 0 Å². The third-order valence-electron chi connectivity index (χ3n) is 3.42. The monoisotopic (exact) mass is 403 g/mol. The standard InChI is InChI=1S/C17H17N5O3S2/c1-25-9-14-21-22-17(27-14)20-15(24)12-10-26-16(18-12)19-13(23)8-7-11-5-3-2-4-6-11/h2-6,10H,7-9H2,1H3,(H,18,19,23)(H,20,22,24). The van der Waals surface area contributed by atoms with E-state index in [9.17, 15) is 9.59 Å². The maximum Gasteiger partial charge on any atom is 0.277 e. The van der Waals surface area contributed by atoms with Crippen LogP contribution >= 0.6 is 22.7 Å². The number of hydrogen-bond acceptors (Lipinski definition) is 8. The minimum absolute atomic E-state index is 0.145. The SMILES string of the molecule is COCc1nnc(NC(=O)c2csc(NC(=O)CCc3ccccc3)n2)s1. The molecule has 0 bridgehead atoms. The fraction of sp³-hybridized carbons (Fsp3) is 0.235. The topological polar surface area (TPSA) is 106 Å². The second kappa shape index (κ2) is 9.31. The fourth-order valence-corrected chi connectivity index (χ4v) is 3.58. The van der Waals surface area contributed by atoms with Gasteiger partial charge in [0.25, 0.3) is 5.91 Å². The van der Waals surface area contributed by atoms with Crippen LogP contribution in [0.3, 0.4) is 0 Å². The first-order valence-corrected chi connectivity index (χ1v) is 9.75. The van der Waals surface area contributed by atoms with Gasteiger partial charge in [0.2, 0.25) is 11.0 Å². The highest BCUT2D eigenvalue weighted by Crippen LogP contribution is 2.19. The molecule has 140 valence electrons. The number of amides is 2. The number of anilines is 2. The van der Waals surface area contributed by atoms with E-state index in [0.29, 0.717) is 34.7 Å². The molecule has 2 heterocycles. The van der Waals surface area contributed by atoms with E-state index in [-0.39, 0.29) is 11.6 Å². The Morgan fingerprint density at radius 2 is 1.93 bits per heavy atom. The number of thiazole rings is 1. The molecule has 0 atom stereocenters. The van der Waals surface area contributed by atoms with Gasteiger partial charge >= 0.3 is 0 Å². The van der Waals surface area contributed by atoms with Crippen molar-refractivity contribution in [3.8, 4) is 0 Å². The lowest BCUT2D eigenvalue weighted by Crippen LogP contribution is -2.14. The Morgan fingerprint density at radius 3 is 2.70 bits per heavy atom. The lowest BCUT2D eigenvalue weighted by atomic mass is 10.1. The zero-order valence-corrected chi connectivity index (χ0v) is 16.1. The van der Waals surface area contributed by atoms with Gasteiger partial charge in [0.1, 0.15) is 17.3 Å². The molecule has 27 heavy (non-hydrogen) atoms. The first-order valence-electron chi connectivity index (χ1n) is 8.06. The molecule has 2 aromatic heterocycles. The Labute approximate surface area is 163 Å². The van der Waals surface area contributed by atoms with E-state index in [1.54, 1.807) is 12.5 Å². The second-order valence-electron chi connectivity index (χ2n) is 5.46. The predicted molar refractivity (Wildman–Crippen MR) is 104 cm³/mol. The number of nitrogens with one attached hydrogen (secondary N) is 2. The number of methoxy groups -OCH3 is 1. The van der Waals surface area contributed by atoms with Crippen molar-refractivity contribution in [2.45, 2.75) is 19.4 Å². The first-order chi connectivity index (χ1) is 13.1. The molecular weight excluding hydrogens is 386 g/mol. The van der Waals surface area contributed by atoms with E-state index in [2.05, 4.69) is 25.8 Å². The summed E-state index contributed by atoms with van der Waals surface area (Å²) in [5.41, 5.74) is 1.30. The van der Waals surface area contributed by atoms with E-state index in [4.69, 9.17) is 4.74 Å². The van der Waals surface area contributed by atoms with Gasteiger partial charge in [0.05, 0.1) is 0 Å². The lowest BCUT2D eigenvalue weighted by molar-refractivity contribution is -0.116. The molecule has 3 aromatic rings. The van der Waals surface area contributed by atoms with Crippen molar-refractivity contribution in [2.24, 2.45) is 0 Å². The minimum atomic E-state index is -0.406. The van der Waals surface area contributed by atoms with Crippen molar-refractivity contribution >= 4 is 44.8 Å². The zero-order valence-electron chi connectivity index (χ0n) is 14.5. The summed E-state index contributed by atoms with van der Waals surface area (Å²) in [5.74, 6) is -0.551.